The Morgan fingerprint density at radius 2 is 1.58 bits per heavy atom. The van der Waals surface area contributed by atoms with E-state index in [2.05, 4.69) is 10.0 Å². The Balaban J connectivity index is 1.96. The van der Waals surface area contributed by atoms with E-state index in [1.54, 1.807) is 30.3 Å². The molecule has 0 atom stereocenters. The van der Waals surface area contributed by atoms with E-state index in [4.69, 9.17) is 4.74 Å². The third-order valence-corrected chi connectivity index (χ3v) is 6.11. The number of benzene rings is 3. The van der Waals surface area contributed by atoms with Crippen molar-refractivity contribution in [3.05, 3.63) is 82.9 Å². The molecule has 0 aromatic heterocycles. The summed E-state index contributed by atoms with van der Waals surface area (Å²) < 4.78 is 34.5. The van der Waals surface area contributed by atoms with Crippen LogP contribution in [0.3, 0.4) is 0 Å². The number of nitrogens with one attached hydrogen (secondary N) is 2. The number of rotatable bonds is 7. The van der Waals surface area contributed by atoms with E-state index in [-0.39, 0.29) is 16.5 Å². The molecule has 0 bridgehead atoms. The number of amides is 1. The van der Waals surface area contributed by atoms with Crippen LogP contribution in [0.25, 0.3) is 0 Å². The summed E-state index contributed by atoms with van der Waals surface area (Å²) in [5.74, 6) is 0.0442. The van der Waals surface area contributed by atoms with Crippen molar-refractivity contribution >= 4 is 27.3 Å². The maximum atomic E-state index is 13.1. The van der Waals surface area contributed by atoms with Gasteiger partial charge in [-0.1, -0.05) is 35.9 Å². The molecule has 0 aliphatic carbocycles. The molecule has 31 heavy (non-hydrogen) atoms. The minimum Gasteiger partial charge on any atom is -0.492 e. The Hall–Kier alpha value is -3.32. The van der Waals surface area contributed by atoms with Crippen LogP contribution in [0, 0.1) is 20.8 Å². The van der Waals surface area contributed by atoms with E-state index in [0.717, 1.165) is 16.7 Å². The number of hydrogen-bond donors (Lipinski definition) is 2. The molecule has 6 nitrogen and oxygen atoms in total. The fourth-order valence-corrected chi connectivity index (χ4v) is 4.60. The smallest absolute Gasteiger partial charge is 0.261 e. The average Bonchev–Trinajstić information content (AvgIpc) is 2.72. The van der Waals surface area contributed by atoms with Gasteiger partial charge in [0.1, 0.15) is 5.75 Å². The number of sulfonamides is 1. The van der Waals surface area contributed by atoms with E-state index < -0.39 is 10.0 Å². The van der Waals surface area contributed by atoms with Crippen molar-refractivity contribution in [1.29, 1.82) is 0 Å². The maximum Gasteiger partial charge on any atom is 0.261 e. The van der Waals surface area contributed by atoms with E-state index in [1.807, 2.05) is 45.9 Å². The van der Waals surface area contributed by atoms with Gasteiger partial charge >= 0.3 is 0 Å². The van der Waals surface area contributed by atoms with Gasteiger partial charge in [0.15, 0.2) is 0 Å². The lowest BCUT2D eigenvalue weighted by Crippen LogP contribution is -2.17. The molecule has 0 unspecified atom stereocenters. The fourth-order valence-electron chi connectivity index (χ4n) is 3.37. The molecule has 0 fully saturated rings. The molecule has 0 radical (unpaired) electrons. The van der Waals surface area contributed by atoms with E-state index in [0.29, 0.717) is 23.6 Å². The molecule has 1 amide bonds. The van der Waals surface area contributed by atoms with Crippen molar-refractivity contribution in [3.8, 4) is 5.75 Å². The number of ether oxygens (including phenoxy) is 1. The van der Waals surface area contributed by atoms with Gasteiger partial charge in [0.05, 0.1) is 22.9 Å². The summed E-state index contributed by atoms with van der Waals surface area (Å²) in [5.41, 5.74) is 4.03. The standard InChI is InChI=1S/C24H26N2O4S/c1-5-30-22-12-11-20(15-21(22)25-24(27)19-9-7-6-8-10-19)31(28,29)26-23-17(3)13-16(2)14-18(23)4/h6-15,26H,5H2,1-4H3,(H,25,27). The summed E-state index contributed by atoms with van der Waals surface area (Å²) in [6, 6.07) is 17.0. The summed E-state index contributed by atoms with van der Waals surface area (Å²) in [4.78, 5) is 12.6. The van der Waals surface area contributed by atoms with Crippen LogP contribution in [0.4, 0.5) is 11.4 Å². The Bertz CT molecular complexity index is 1180. The topological polar surface area (TPSA) is 84.5 Å². The molecular formula is C24H26N2O4S. The first-order valence-corrected chi connectivity index (χ1v) is 11.4. The van der Waals surface area contributed by atoms with Crippen LogP contribution in [0.2, 0.25) is 0 Å². The van der Waals surface area contributed by atoms with Gasteiger partial charge in [-0.05, 0) is 69.2 Å². The lowest BCUT2D eigenvalue weighted by molar-refractivity contribution is 0.102. The van der Waals surface area contributed by atoms with Crippen LogP contribution in [-0.2, 0) is 10.0 Å². The van der Waals surface area contributed by atoms with Gasteiger partial charge in [-0.25, -0.2) is 8.42 Å². The highest BCUT2D eigenvalue weighted by molar-refractivity contribution is 7.92. The number of carbonyl (C=O) groups excluding carboxylic acids is 1. The van der Waals surface area contributed by atoms with Gasteiger partial charge in [0.25, 0.3) is 15.9 Å². The second-order valence-corrected chi connectivity index (χ2v) is 8.97. The van der Waals surface area contributed by atoms with E-state index in [9.17, 15) is 13.2 Å². The van der Waals surface area contributed by atoms with Crippen molar-refractivity contribution < 1.29 is 17.9 Å². The van der Waals surface area contributed by atoms with Crippen LogP contribution in [0.15, 0.2) is 65.6 Å². The largest absolute Gasteiger partial charge is 0.492 e. The maximum absolute atomic E-state index is 13.1. The van der Waals surface area contributed by atoms with Crippen LogP contribution < -0.4 is 14.8 Å². The number of anilines is 2. The first-order valence-electron chi connectivity index (χ1n) is 9.95. The number of aryl methyl sites for hydroxylation is 3. The molecule has 0 spiro atoms. The van der Waals surface area contributed by atoms with Gasteiger partial charge in [-0.3, -0.25) is 9.52 Å². The molecular weight excluding hydrogens is 412 g/mol. The highest BCUT2D eigenvalue weighted by atomic mass is 32.2. The van der Waals surface area contributed by atoms with Gasteiger partial charge in [0.2, 0.25) is 0 Å². The SMILES string of the molecule is CCOc1ccc(S(=O)(=O)Nc2c(C)cc(C)cc2C)cc1NC(=O)c1ccccc1. The highest BCUT2D eigenvalue weighted by Gasteiger charge is 2.20. The minimum atomic E-state index is -3.88. The highest BCUT2D eigenvalue weighted by Crippen LogP contribution is 2.31. The zero-order valence-corrected chi connectivity index (χ0v) is 18.8. The molecule has 162 valence electrons. The monoisotopic (exact) mass is 438 g/mol. The molecule has 3 rings (SSSR count). The Kier molecular flexibility index (Phi) is 6.65. The Morgan fingerprint density at radius 3 is 2.19 bits per heavy atom. The van der Waals surface area contributed by atoms with Crippen molar-refractivity contribution in [2.45, 2.75) is 32.6 Å². The molecule has 0 heterocycles. The predicted octanol–water partition coefficient (Wildman–Crippen LogP) is 5.06. The molecule has 0 aliphatic rings. The van der Waals surface area contributed by atoms with Gasteiger partial charge in [-0.15, -0.1) is 0 Å². The predicted molar refractivity (Wildman–Crippen MR) is 123 cm³/mol. The first-order chi connectivity index (χ1) is 14.7. The van der Waals surface area contributed by atoms with Crippen molar-refractivity contribution in [1.82, 2.24) is 0 Å². The molecule has 3 aromatic carbocycles. The molecule has 0 aliphatic heterocycles. The third-order valence-electron chi connectivity index (χ3n) is 4.76. The van der Waals surface area contributed by atoms with E-state index >= 15 is 0 Å². The molecule has 0 saturated heterocycles. The van der Waals surface area contributed by atoms with Gasteiger partial charge < -0.3 is 10.1 Å². The molecule has 2 N–H and O–H groups in total. The second kappa shape index (κ2) is 9.22. The number of carbonyl (C=O) groups is 1. The van der Waals surface area contributed by atoms with Crippen molar-refractivity contribution in [3.63, 3.8) is 0 Å². The van der Waals surface area contributed by atoms with E-state index in [1.165, 1.54) is 12.1 Å². The second-order valence-electron chi connectivity index (χ2n) is 7.29. The third kappa shape index (κ3) is 5.24. The molecule has 0 saturated carbocycles. The quantitative estimate of drug-likeness (QED) is 0.540. The molecule has 7 heteroatoms. The van der Waals surface area contributed by atoms with Gasteiger partial charge in [-0.2, -0.15) is 0 Å². The normalized spacial score (nSPS) is 11.1. The van der Waals surface area contributed by atoms with Crippen molar-refractivity contribution in [2.75, 3.05) is 16.6 Å². The Morgan fingerprint density at radius 1 is 0.935 bits per heavy atom. The lowest BCUT2D eigenvalue weighted by atomic mass is 10.1. The molecule has 3 aromatic rings. The average molecular weight is 439 g/mol. The zero-order chi connectivity index (χ0) is 22.6. The lowest BCUT2D eigenvalue weighted by Gasteiger charge is -2.16. The van der Waals surface area contributed by atoms with Crippen LogP contribution in [-0.4, -0.2) is 20.9 Å². The fraction of sp³-hybridized carbons (Fsp3) is 0.208. The number of hydrogen-bond acceptors (Lipinski definition) is 4. The summed E-state index contributed by atoms with van der Waals surface area (Å²) in [6.45, 7) is 7.88. The van der Waals surface area contributed by atoms with Crippen LogP contribution >= 0.6 is 0 Å². The zero-order valence-electron chi connectivity index (χ0n) is 18.0. The minimum absolute atomic E-state index is 0.0266. The van der Waals surface area contributed by atoms with Gasteiger partial charge in [0, 0.05) is 5.56 Å². The Labute approximate surface area is 183 Å². The van der Waals surface area contributed by atoms with Crippen molar-refractivity contribution in [2.24, 2.45) is 0 Å². The summed E-state index contributed by atoms with van der Waals surface area (Å²) in [5, 5.41) is 2.76. The summed E-state index contributed by atoms with van der Waals surface area (Å²) in [7, 11) is -3.88. The first kappa shape index (κ1) is 22.4. The summed E-state index contributed by atoms with van der Waals surface area (Å²) >= 11 is 0. The van der Waals surface area contributed by atoms with Crippen LogP contribution in [0.1, 0.15) is 34.0 Å². The summed E-state index contributed by atoms with van der Waals surface area (Å²) in [6.07, 6.45) is 0. The van der Waals surface area contributed by atoms with Crippen LogP contribution in [0.5, 0.6) is 5.75 Å².